The van der Waals surface area contributed by atoms with Gasteiger partial charge in [0.05, 0.1) is 9.92 Å². The van der Waals surface area contributed by atoms with Crippen LogP contribution in [0.3, 0.4) is 0 Å². The van der Waals surface area contributed by atoms with Crippen LogP contribution in [-0.2, 0) is 10.0 Å². The SMILES string of the molecule is NCC1CCCCC1NS(=O)(=O)c1ccc(F)c(Cl)c1. The summed E-state index contributed by atoms with van der Waals surface area (Å²) in [5.41, 5.74) is 5.69. The van der Waals surface area contributed by atoms with E-state index in [1.54, 1.807) is 0 Å². The zero-order valence-corrected chi connectivity index (χ0v) is 12.6. The summed E-state index contributed by atoms with van der Waals surface area (Å²) < 4.78 is 40.4. The first-order valence-electron chi connectivity index (χ1n) is 6.61. The van der Waals surface area contributed by atoms with Crippen molar-refractivity contribution in [2.75, 3.05) is 6.54 Å². The Hall–Kier alpha value is -0.690. The Labute approximate surface area is 123 Å². The maximum absolute atomic E-state index is 13.1. The molecule has 7 heteroatoms. The van der Waals surface area contributed by atoms with Crippen LogP contribution in [0, 0.1) is 11.7 Å². The molecule has 20 heavy (non-hydrogen) atoms. The summed E-state index contributed by atoms with van der Waals surface area (Å²) in [6.45, 7) is 0.456. The molecule has 0 spiro atoms. The fourth-order valence-corrected chi connectivity index (χ4v) is 4.17. The number of benzene rings is 1. The first-order valence-corrected chi connectivity index (χ1v) is 8.47. The highest BCUT2D eigenvalue weighted by Gasteiger charge is 2.28. The van der Waals surface area contributed by atoms with Gasteiger partial charge in [0.2, 0.25) is 10.0 Å². The van der Waals surface area contributed by atoms with Crippen LogP contribution in [0.4, 0.5) is 4.39 Å². The Morgan fingerprint density at radius 2 is 2.05 bits per heavy atom. The molecule has 0 saturated heterocycles. The van der Waals surface area contributed by atoms with E-state index >= 15 is 0 Å². The van der Waals surface area contributed by atoms with E-state index in [0.717, 1.165) is 37.8 Å². The van der Waals surface area contributed by atoms with Gasteiger partial charge in [0.15, 0.2) is 0 Å². The van der Waals surface area contributed by atoms with Crippen LogP contribution >= 0.6 is 11.6 Å². The average molecular weight is 321 g/mol. The molecule has 2 rings (SSSR count). The molecule has 1 fully saturated rings. The van der Waals surface area contributed by atoms with E-state index in [1.165, 1.54) is 6.07 Å². The second kappa shape index (κ2) is 6.39. The number of rotatable bonds is 4. The molecule has 0 bridgehead atoms. The van der Waals surface area contributed by atoms with Crippen LogP contribution in [0.2, 0.25) is 5.02 Å². The Balaban J connectivity index is 2.19. The minimum absolute atomic E-state index is 0.0229. The third-order valence-electron chi connectivity index (χ3n) is 3.72. The van der Waals surface area contributed by atoms with Crippen molar-refractivity contribution in [3.8, 4) is 0 Å². The van der Waals surface area contributed by atoms with Gasteiger partial charge in [-0.05, 0) is 43.5 Å². The summed E-state index contributed by atoms with van der Waals surface area (Å²) >= 11 is 5.63. The van der Waals surface area contributed by atoms with E-state index in [4.69, 9.17) is 17.3 Å². The van der Waals surface area contributed by atoms with Gasteiger partial charge in [-0.1, -0.05) is 24.4 Å². The molecule has 1 aliphatic carbocycles. The highest BCUT2D eigenvalue weighted by Crippen LogP contribution is 2.26. The van der Waals surface area contributed by atoms with Crippen LogP contribution in [0.1, 0.15) is 25.7 Å². The van der Waals surface area contributed by atoms with Gasteiger partial charge in [0.25, 0.3) is 0 Å². The first-order chi connectivity index (χ1) is 9.44. The second-order valence-electron chi connectivity index (χ2n) is 5.08. The van der Waals surface area contributed by atoms with Gasteiger partial charge in [-0.15, -0.1) is 0 Å². The van der Waals surface area contributed by atoms with Crippen LogP contribution in [0.5, 0.6) is 0 Å². The lowest BCUT2D eigenvalue weighted by Crippen LogP contribution is -2.44. The van der Waals surface area contributed by atoms with Gasteiger partial charge >= 0.3 is 0 Å². The molecule has 1 saturated carbocycles. The maximum atomic E-state index is 13.1. The van der Waals surface area contributed by atoms with E-state index < -0.39 is 15.8 Å². The molecule has 3 N–H and O–H groups in total. The van der Waals surface area contributed by atoms with Crippen molar-refractivity contribution in [1.82, 2.24) is 4.72 Å². The molecule has 2 atom stereocenters. The van der Waals surface area contributed by atoms with Crippen molar-refractivity contribution in [2.24, 2.45) is 11.7 Å². The summed E-state index contributed by atoms with van der Waals surface area (Å²) in [5.74, 6) is -0.488. The van der Waals surface area contributed by atoms with Crippen molar-refractivity contribution in [3.63, 3.8) is 0 Å². The molecule has 4 nitrogen and oxygen atoms in total. The van der Waals surface area contributed by atoms with Crippen molar-refractivity contribution < 1.29 is 12.8 Å². The number of hydrogen-bond acceptors (Lipinski definition) is 3. The molecule has 112 valence electrons. The topological polar surface area (TPSA) is 72.2 Å². The lowest BCUT2D eigenvalue weighted by atomic mass is 9.85. The Kier molecular flexibility index (Phi) is 5.01. The summed E-state index contributed by atoms with van der Waals surface area (Å²) in [6.07, 6.45) is 3.75. The third kappa shape index (κ3) is 3.49. The van der Waals surface area contributed by atoms with Crippen molar-refractivity contribution in [3.05, 3.63) is 29.0 Å². The van der Waals surface area contributed by atoms with E-state index in [0.29, 0.717) is 6.54 Å². The largest absolute Gasteiger partial charge is 0.330 e. The lowest BCUT2D eigenvalue weighted by Gasteiger charge is -2.31. The van der Waals surface area contributed by atoms with Gasteiger partial charge < -0.3 is 5.73 Å². The average Bonchev–Trinajstić information content (AvgIpc) is 2.42. The van der Waals surface area contributed by atoms with E-state index in [1.807, 2.05) is 0 Å². The standard InChI is InChI=1S/C13H18ClFN2O2S/c14-11-7-10(5-6-12(11)15)20(18,19)17-13-4-2-1-3-9(13)8-16/h5-7,9,13,17H,1-4,8,16H2. The predicted octanol–water partition coefficient (Wildman–Crippen LogP) is 2.27. The number of sulfonamides is 1. The number of nitrogens with one attached hydrogen (secondary N) is 1. The van der Waals surface area contributed by atoms with Crippen molar-refractivity contribution in [1.29, 1.82) is 0 Å². The second-order valence-corrected chi connectivity index (χ2v) is 7.21. The van der Waals surface area contributed by atoms with Gasteiger partial charge in [0, 0.05) is 6.04 Å². The zero-order valence-electron chi connectivity index (χ0n) is 11.0. The molecule has 1 aromatic carbocycles. The lowest BCUT2D eigenvalue weighted by molar-refractivity contribution is 0.296. The summed E-state index contributed by atoms with van der Waals surface area (Å²) in [5, 5.41) is -0.202. The summed E-state index contributed by atoms with van der Waals surface area (Å²) in [4.78, 5) is -0.0229. The first kappa shape index (κ1) is 15.7. The quantitative estimate of drug-likeness (QED) is 0.894. The number of hydrogen-bond donors (Lipinski definition) is 2. The van der Waals surface area contributed by atoms with Crippen molar-refractivity contribution in [2.45, 2.75) is 36.6 Å². The van der Waals surface area contributed by atoms with E-state index in [-0.39, 0.29) is 21.9 Å². The molecular formula is C13H18ClFN2O2S. The molecular weight excluding hydrogens is 303 g/mol. The predicted molar refractivity (Wildman–Crippen MR) is 76.5 cm³/mol. The molecule has 1 aromatic rings. The molecule has 0 aliphatic heterocycles. The molecule has 0 amide bonds. The molecule has 0 heterocycles. The van der Waals surface area contributed by atoms with E-state index in [2.05, 4.69) is 4.72 Å². The Morgan fingerprint density at radius 3 is 2.70 bits per heavy atom. The normalized spacial score (nSPS) is 23.8. The van der Waals surface area contributed by atoms with Gasteiger partial charge in [-0.3, -0.25) is 0 Å². The fraction of sp³-hybridized carbons (Fsp3) is 0.538. The van der Waals surface area contributed by atoms with Crippen LogP contribution < -0.4 is 10.5 Å². The zero-order chi connectivity index (χ0) is 14.8. The van der Waals surface area contributed by atoms with Gasteiger partial charge in [-0.2, -0.15) is 0 Å². The highest BCUT2D eigenvalue weighted by molar-refractivity contribution is 7.89. The molecule has 0 aromatic heterocycles. The summed E-state index contributed by atoms with van der Waals surface area (Å²) in [7, 11) is -3.70. The van der Waals surface area contributed by atoms with Gasteiger partial charge in [0.1, 0.15) is 5.82 Å². The smallest absolute Gasteiger partial charge is 0.240 e. The van der Waals surface area contributed by atoms with Crippen LogP contribution in [0.25, 0.3) is 0 Å². The highest BCUT2D eigenvalue weighted by atomic mass is 35.5. The van der Waals surface area contributed by atoms with Crippen molar-refractivity contribution >= 4 is 21.6 Å². The minimum atomic E-state index is -3.70. The van der Waals surface area contributed by atoms with E-state index in [9.17, 15) is 12.8 Å². The minimum Gasteiger partial charge on any atom is -0.330 e. The fourth-order valence-electron chi connectivity index (χ4n) is 2.56. The third-order valence-corrected chi connectivity index (χ3v) is 5.50. The van der Waals surface area contributed by atoms with Crippen LogP contribution in [-0.4, -0.2) is 21.0 Å². The van der Waals surface area contributed by atoms with Crippen LogP contribution in [0.15, 0.2) is 23.1 Å². The number of halogens is 2. The Morgan fingerprint density at radius 1 is 1.35 bits per heavy atom. The maximum Gasteiger partial charge on any atom is 0.240 e. The number of nitrogens with two attached hydrogens (primary N) is 1. The monoisotopic (exact) mass is 320 g/mol. The molecule has 2 unspecified atom stereocenters. The van der Waals surface area contributed by atoms with Gasteiger partial charge in [-0.25, -0.2) is 17.5 Å². The summed E-state index contributed by atoms with van der Waals surface area (Å²) in [6, 6.07) is 3.23. The molecule has 1 aliphatic rings. The Bertz CT molecular complexity index is 580. The molecule has 0 radical (unpaired) electrons.